The number of rotatable bonds is 3. The normalized spacial score (nSPS) is 15.8. The summed E-state index contributed by atoms with van der Waals surface area (Å²) in [6.07, 6.45) is 3.63. The van der Waals surface area contributed by atoms with Gasteiger partial charge < -0.3 is 4.74 Å². The van der Waals surface area contributed by atoms with E-state index >= 15 is 0 Å². The number of nitrogens with zero attached hydrogens (tertiary/aromatic N) is 3. The van der Waals surface area contributed by atoms with E-state index in [9.17, 15) is 0 Å². The molecule has 21 heavy (non-hydrogen) atoms. The molecular weight excluding hydrogens is 286 g/mol. The van der Waals surface area contributed by atoms with Crippen LogP contribution in [0.25, 0.3) is 27.6 Å². The van der Waals surface area contributed by atoms with Gasteiger partial charge in [0.2, 0.25) is 0 Å². The standard InChI is InChI=1S/C16H12ClN3O/c17-15-7-2-1-5-13(15)14-6-3-4-11-8-9-12(10-19-20-18)21-16(11)14/h1-9,12H,10H2. The van der Waals surface area contributed by atoms with Crippen LogP contribution in [0.4, 0.5) is 0 Å². The molecule has 2 aromatic carbocycles. The van der Waals surface area contributed by atoms with E-state index in [0.717, 1.165) is 22.4 Å². The largest absolute Gasteiger partial charge is 0.485 e. The maximum Gasteiger partial charge on any atom is 0.135 e. The summed E-state index contributed by atoms with van der Waals surface area (Å²) in [6.45, 7) is 0.267. The molecule has 4 nitrogen and oxygen atoms in total. The number of ether oxygens (including phenoxy) is 1. The van der Waals surface area contributed by atoms with Crippen LogP contribution in [0.3, 0.4) is 0 Å². The summed E-state index contributed by atoms with van der Waals surface area (Å²) in [4.78, 5) is 2.77. The van der Waals surface area contributed by atoms with E-state index < -0.39 is 0 Å². The first-order chi connectivity index (χ1) is 10.3. The Morgan fingerprint density at radius 1 is 1.14 bits per heavy atom. The molecule has 0 spiro atoms. The van der Waals surface area contributed by atoms with Gasteiger partial charge in [0.25, 0.3) is 0 Å². The molecule has 0 saturated heterocycles. The highest BCUT2D eigenvalue weighted by Crippen LogP contribution is 2.39. The van der Waals surface area contributed by atoms with Crippen LogP contribution in [-0.4, -0.2) is 12.6 Å². The summed E-state index contributed by atoms with van der Waals surface area (Å²) >= 11 is 6.28. The van der Waals surface area contributed by atoms with Gasteiger partial charge in [-0.15, -0.1) is 0 Å². The lowest BCUT2D eigenvalue weighted by Crippen LogP contribution is -2.20. The van der Waals surface area contributed by atoms with Crippen molar-refractivity contribution in [3.63, 3.8) is 0 Å². The molecule has 0 bridgehead atoms. The molecule has 3 rings (SSSR count). The number of hydrogen-bond acceptors (Lipinski definition) is 2. The maximum absolute atomic E-state index is 8.42. The van der Waals surface area contributed by atoms with Crippen LogP contribution in [0.1, 0.15) is 5.56 Å². The van der Waals surface area contributed by atoms with Gasteiger partial charge in [-0.1, -0.05) is 59.2 Å². The van der Waals surface area contributed by atoms with E-state index in [1.54, 1.807) is 0 Å². The molecule has 0 aromatic heterocycles. The minimum atomic E-state index is -0.253. The number of azide groups is 1. The first-order valence-electron chi connectivity index (χ1n) is 6.53. The molecule has 0 amide bonds. The molecule has 1 unspecified atom stereocenters. The van der Waals surface area contributed by atoms with Crippen molar-refractivity contribution in [1.29, 1.82) is 0 Å². The predicted octanol–water partition coefficient (Wildman–Crippen LogP) is 5.09. The Morgan fingerprint density at radius 3 is 2.76 bits per heavy atom. The number of para-hydroxylation sites is 1. The number of halogens is 1. The fourth-order valence-electron chi connectivity index (χ4n) is 2.33. The predicted molar refractivity (Wildman–Crippen MR) is 84.4 cm³/mol. The molecule has 104 valence electrons. The van der Waals surface area contributed by atoms with Gasteiger partial charge in [-0.25, -0.2) is 0 Å². The molecule has 0 fully saturated rings. The molecule has 1 atom stereocenters. The average molecular weight is 298 g/mol. The Hall–Kier alpha value is -2.42. The highest BCUT2D eigenvalue weighted by atomic mass is 35.5. The van der Waals surface area contributed by atoms with Gasteiger partial charge in [0, 0.05) is 26.6 Å². The van der Waals surface area contributed by atoms with Gasteiger partial charge in [0.1, 0.15) is 11.9 Å². The van der Waals surface area contributed by atoms with E-state index in [4.69, 9.17) is 21.9 Å². The van der Waals surface area contributed by atoms with E-state index in [0.29, 0.717) is 5.02 Å². The molecule has 5 heteroatoms. The monoisotopic (exact) mass is 297 g/mol. The Kier molecular flexibility index (Phi) is 3.82. The van der Waals surface area contributed by atoms with Gasteiger partial charge in [-0.3, -0.25) is 0 Å². The van der Waals surface area contributed by atoms with Crippen LogP contribution in [0.5, 0.6) is 5.75 Å². The van der Waals surface area contributed by atoms with E-state index in [1.807, 2.05) is 54.6 Å². The third-order valence-corrected chi connectivity index (χ3v) is 3.62. The van der Waals surface area contributed by atoms with Crippen molar-refractivity contribution in [2.45, 2.75) is 6.10 Å². The van der Waals surface area contributed by atoms with Crippen molar-refractivity contribution in [2.24, 2.45) is 5.11 Å². The van der Waals surface area contributed by atoms with Gasteiger partial charge in [0.05, 0.1) is 6.54 Å². The second-order valence-electron chi connectivity index (χ2n) is 4.63. The summed E-state index contributed by atoms with van der Waals surface area (Å²) in [7, 11) is 0. The third-order valence-electron chi connectivity index (χ3n) is 3.29. The summed E-state index contributed by atoms with van der Waals surface area (Å²) in [5.41, 5.74) is 11.3. The lowest BCUT2D eigenvalue weighted by molar-refractivity contribution is 0.255. The topological polar surface area (TPSA) is 58.0 Å². The first-order valence-corrected chi connectivity index (χ1v) is 6.91. The summed E-state index contributed by atoms with van der Waals surface area (Å²) in [6, 6.07) is 13.6. The second-order valence-corrected chi connectivity index (χ2v) is 5.04. The zero-order valence-corrected chi connectivity index (χ0v) is 11.9. The highest BCUT2D eigenvalue weighted by Gasteiger charge is 2.19. The fourth-order valence-corrected chi connectivity index (χ4v) is 2.56. The van der Waals surface area contributed by atoms with Crippen molar-refractivity contribution in [3.05, 3.63) is 69.6 Å². The molecule has 1 aliphatic heterocycles. The summed E-state index contributed by atoms with van der Waals surface area (Å²) < 4.78 is 5.96. The van der Waals surface area contributed by atoms with Crippen LogP contribution in [0.2, 0.25) is 5.02 Å². The van der Waals surface area contributed by atoms with Crippen LogP contribution < -0.4 is 4.74 Å². The quantitative estimate of drug-likeness (QED) is 0.442. The third kappa shape index (κ3) is 2.72. The minimum absolute atomic E-state index is 0.253. The maximum atomic E-state index is 8.42. The van der Waals surface area contributed by atoms with Crippen LogP contribution in [0, 0.1) is 0 Å². The van der Waals surface area contributed by atoms with Crippen LogP contribution >= 0.6 is 11.6 Å². The summed E-state index contributed by atoms with van der Waals surface area (Å²) in [5, 5.41) is 4.24. The van der Waals surface area contributed by atoms with E-state index in [1.165, 1.54) is 0 Å². The number of benzene rings is 2. The van der Waals surface area contributed by atoms with Crippen molar-refractivity contribution < 1.29 is 4.74 Å². The van der Waals surface area contributed by atoms with E-state index in [-0.39, 0.29) is 12.6 Å². The summed E-state index contributed by atoms with van der Waals surface area (Å²) in [5.74, 6) is 0.770. The molecular formula is C16H12ClN3O. The molecule has 0 N–H and O–H groups in total. The molecule has 1 aliphatic rings. The lowest BCUT2D eigenvalue weighted by atomic mass is 9.99. The Balaban J connectivity index is 2.05. The second kappa shape index (κ2) is 5.92. The Labute approximate surface area is 127 Å². The van der Waals surface area contributed by atoms with Crippen molar-refractivity contribution in [1.82, 2.24) is 0 Å². The zero-order chi connectivity index (χ0) is 14.7. The molecule has 0 aliphatic carbocycles. The van der Waals surface area contributed by atoms with Gasteiger partial charge in [-0.2, -0.15) is 0 Å². The van der Waals surface area contributed by atoms with Gasteiger partial charge >= 0.3 is 0 Å². The smallest absolute Gasteiger partial charge is 0.135 e. The first kappa shape index (κ1) is 13.6. The fraction of sp³-hybridized carbons (Fsp3) is 0.125. The van der Waals surface area contributed by atoms with Gasteiger partial charge in [-0.05, 0) is 17.7 Å². The van der Waals surface area contributed by atoms with Crippen molar-refractivity contribution in [2.75, 3.05) is 6.54 Å². The lowest BCUT2D eigenvalue weighted by Gasteiger charge is -2.23. The van der Waals surface area contributed by atoms with Crippen molar-refractivity contribution in [3.8, 4) is 16.9 Å². The van der Waals surface area contributed by atoms with E-state index in [2.05, 4.69) is 10.0 Å². The van der Waals surface area contributed by atoms with Crippen molar-refractivity contribution >= 4 is 17.7 Å². The molecule has 1 heterocycles. The Bertz CT molecular complexity index is 751. The average Bonchev–Trinajstić information content (AvgIpc) is 2.53. The molecule has 0 saturated carbocycles. The SMILES string of the molecule is [N-]=[N+]=NCC1C=Cc2cccc(-c3ccccc3Cl)c2O1. The van der Waals surface area contributed by atoms with Crippen LogP contribution in [-0.2, 0) is 0 Å². The number of fused-ring (bicyclic) bond motifs is 1. The van der Waals surface area contributed by atoms with Gasteiger partial charge in [0.15, 0.2) is 0 Å². The zero-order valence-electron chi connectivity index (χ0n) is 11.1. The highest BCUT2D eigenvalue weighted by molar-refractivity contribution is 6.33. The minimum Gasteiger partial charge on any atom is -0.485 e. The molecule has 0 radical (unpaired) electrons. The Morgan fingerprint density at radius 2 is 1.95 bits per heavy atom. The number of hydrogen-bond donors (Lipinski definition) is 0. The van der Waals surface area contributed by atoms with Crippen LogP contribution in [0.15, 0.2) is 53.7 Å². The molecule has 2 aromatic rings.